The predicted molar refractivity (Wildman–Crippen MR) is 90.3 cm³/mol. The number of thiophene rings is 1. The number of anilines is 2. The zero-order valence-corrected chi connectivity index (χ0v) is 13.2. The topological polar surface area (TPSA) is 47.0 Å². The van der Waals surface area contributed by atoms with E-state index < -0.39 is 0 Å². The number of ether oxygens (including phenoxy) is 1. The molecule has 0 saturated heterocycles. The number of hydrogen-bond donors (Lipinski definition) is 1. The number of nitrogens with zero attached hydrogens (tertiary/aromatic N) is 2. The molecular weight excluding hydrogens is 294 g/mol. The molecule has 1 aromatic carbocycles. The van der Waals surface area contributed by atoms with Crippen LogP contribution in [0.4, 0.5) is 11.5 Å². The van der Waals surface area contributed by atoms with E-state index in [4.69, 9.17) is 4.74 Å². The molecule has 0 spiro atoms. The highest BCUT2D eigenvalue weighted by Gasteiger charge is 2.21. The lowest BCUT2D eigenvalue weighted by Crippen LogP contribution is -2.00. The largest absolute Gasteiger partial charge is 0.492 e. The monoisotopic (exact) mass is 311 g/mol. The second-order valence-electron chi connectivity index (χ2n) is 5.31. The zero-order valence-electron chi connectivity index (χ0n) is 12.4. The zero-order chi connectivity index (χ0) is 14.9. The van der Waals surface area contributed by atoms with Crippen LogP contribution in [0, 0.1) is 0 Å². The molecule has 2 heterocycles. The summed E-state index contributed by atoms with van der Waals surface area (Å²) in [5, 5.41) is 4.63. The predicted octanol–water partition coefficient (Wildman–Crippen LogP) is 4.32. The van der Waals surface area contributed by atoms with Crippen LogP contribution in [0.2, 0.25) is 0 Å². The van der Waals surface area contributed by atoms with Crippen LogP contribution in [-0.4, -0.2) is 16.6 Å². The van der Waals surface area contributed by atoms with Crippen LogP contribution in [0.3, 0.4) is 0 Å². The van der Waals surface area contributed by atoms with Gasteiger partial charge in [-0.05, 0) is 43.9 Å². The summed E-state index contributed by atoms with van der Waals surface area (Å²) in [6.45, 7) is 2.64. The van der Waals surface area contributed by atoms with Crippen LogP contribution in [0.15, 0.2) is 30.6 Å². The highest BCUT2D eigenvalue weighted by atomic mass is 32.1. The Morgan fingerprint density at radius 3 is 3.05 bits per heavy atom. The van der Waals surface area contributed by atoms with E-state index >= 15 is 0 Å². The van der Waals surface area contributed by atoms with Crippen LogP contribution < -0.4 is 10.1 Å². The Kier molecular flexibility index (Phi) is 3.42. The maximum Gasteiger partial charge on any atom is 0.142 e. The normalized spacial score (nSPS) is 13.3. The molecule has 5 heteroatoms. The van der Waals surface area contributed by atoms with Crippen molar-refractivity contribution in [3.8, 4) is 5.75 Å². The molecule has 1 aliphatic rings. The van der Waals surface area contributed by atoms with E-state index in [1.54, 1.807) is 17.7 Å². The van der Waals surface area contributed by atoms with Gasteiger partial charge in [0.05, 0.1) is 17.7 Å². The molecule has 0 saturated carbocycles. The van der Waals surface area contributed by atoms with E-state index in [0.717, 1.165) is 28.5 Å². The lowest BCUT2D eigenvalue weighted by Gasteiger charge is -2.12. The van der Waals surface area contributed by atoms with Crippen molar-refractivity contribution in [2.75, 3.05) is 11.9 Å². The van der Waals surface area contributed by atoms with E-state index in [0.29, 0.717) is 6.61 Å². The molecule has 112 valence electrons. The Balaban J connectivity index is 1.79. The molecule has 4 nitrogen and oxygen atoms in total. The molecule has 1 N–H and O–H groups in total. The summed E-state index contributed by atoms with van der Waals surface area (Å²) < 4.78 is 5.69. The average Bonchev–Trinajstić information content (AvgIpc) is 3.10. The van der Waals surface area contributed by atoms with Crippen molar-refractivity contribution in [3.63, 3.8) is 0 Å². The first kappa shape index (κ1) is 13.5. The Morgan fingerprint density at radius 1 is 1.23 bits per heavy atom. The first-order valence-corrected chi connectivity index (χ1v) is 8.42. The van der Waals surface area contributed by atoms with E-state index in [9.17, 15) is 0 Å². The fourth-order valence-corrected chi connectivity index (χ4v) is 4.23. The van der Waals surface area contributed by atoms with Gasteiger partial charge in [-0.2, -0.15) is 0 Å². The first-order valence-electron chi connectivity index (χ1n) is 7.61. The van der Waals surface area contributed by atoms with Gasteiger partial charge < -0.3 is 10.1 Å². The molecule has 0 unspecified atom stereocenters. The number of benzene rings is 1. The number of rotatable bonds is 4. The second kappa shape index (κ2) is 5.57. The van der Waals surface area contributed by atoms with Crippen LogP contribution in [-0.2, 0) is 12.8 Å². The summed E-state index contributed by atoms with van der Waals surface area (Å²) in [7, 11) is 0. The number of para-hydroxylation sites is 2. The summed E-state index contributed by atoms with van der Waals surface area (Å²) in [5.74, 6) is 1.74. The third kappa shape index (κ3) is 2.22. The molecule has 0 radical (unpaired) electrons. The maximum atomic E-state index is 5.69. The summed E-state index contributed by atoms with van der Waals surface area (Å²) in [6, 6.07) is 7.98. The molecule has 2 aromatic heterocycles. The standard InChI is InChI=1S/C17H17N3OS/c1-2-21-13-8-4-3-7-12(13)20-16-15-11-6-5-9-14(11)22-17(15)19-10-18-16/h3-4,7-8,10H,2,5-6,9H2,1H3,(H,18,19,20). The van der Waals surface area contributed by atoms with E-state index in [1.807, 2.05) is 31.2 Å². The summed E-state index contributed by atoms with van der Waals surface area (Å²) >= 11 is 1.80. The molecule has 4 rings (SSSR count). The molecule has 0 amide bonds. The maximum absolute atomic E-state index is 5.69. The highest BCUT2D eigenvalue weighted by molar-refractivity contribution is 7.19. The molecular formula is C17H17N3OS. The van der Waals surface area contributed by atoms with E-state index in [-0.39, 0.29) is 0 Å². The second-order valence-corrected chi connectivity index (χ2v) is 6.40. The fourth-order valence-electron chi connectivity index (χ4n) is 3.00. The van der Waals surface area contributed by atoms with Crippen molar-refractivity contribution in [1.29, 1.82) is 0 Å². The number of nitrogens with one attached hydrogen (secondary N) is 1. The number of aryl methyl sites for hydroxylation is 2. The van der Waals surface area contributed by atoms with E-state index in [2.05, 4.69) is 15.3 Å². The third-order valence-electron chi connectivity index (χ3n) is 3.94. The number of fused-ring (bicyclic) bond motifs is 3. The van der Waals surface area contributed by atoms with Crippen molar-refractivity contribution in [3.05, 3.63) is 41.0 Å². The number of aromatic nitrogens is 2. The summed E-state index contributed by atoms with van der Waals surface area (Å²) in [5.41, 5.74) is 2.37. The van der Waals surface area contributed by atoms with Crippen LogP contribution in [0.25, 0.3) is 10.2 Å². The van der Waals surface area contributed by atoms with Gasteiger partial charge in [0.25, 0.3) is 0 Å². The smallest absolute Gasteiger partial charge is 0.142 e. The van der Waals surface area contributed by atoms with Crippen LogP contribution in [0.1, 0.15) is 23.8 Å². The number of hydrogen-bond acceptors (Lipinski definition) is 5. The van der Waals surface area contributed by atoms with Crippen LogP contribution >= 0.6 is 11.3 Å². The molecule has 0 fully saturated rings. The summed E-state index contributed by atoms with van der Waals surface area (Å²) in [6.07, 6.45) is 5.18. The van der Waals surface area contributed by atoms with Gasteiger partial charge in [0.1, 0.15) is 22.7 Å². The quantitative estimate of drug-likeness (QED) is 0.779. The first-order chi connectivity index (χ1) is 10.9. The van der Waals surface area contributed by atoms with Gasteiger partial charge in [-0.3, -0.25) is 0 Å². The fraction of sp³-hybridized carbons (Fsp3) is 0.294. The minimum Gasteiger partial charge on any atom is -0.492 e. The minimum atomic E-state index is 0.645. The van der Waals surface area contributed by atoms with Crippen LogP contribution in [0.5, 0.6) is 5.75 Å². The van der Waals surface area contributed by atoms with Gasteiger partial charge in [-0.25, -0.2) is 9.97 Å². The van der Waals surface area contributed by atoms with Crippen molar-refractivity contribution >= 4 is 33.1 Å². The van der Waals surface area contributed by atoms with Crippen molar-refractivity contribution < 1.29 is 4.74 Å². The Hall–Kier alpha value is -2.14. The Morgan fingerprint density at radius 2 is 2.14 bits per heavy atom. The molecule has 0 aliphatic heterocycles. The third-order valence-corrected chi connectivity index (χ3v) is 5.14. The van der Waals surface area contributed by atoms with E-state index in [1.165, 1.54) is 28.7 Å². The molecule has 22 heavy (non-hydrogen) atoms. The SMILES string of the molecule is CCOc1ccccc1Nc1ncnc2sc3c(c12)CCC3. The van der Waals surface area contributed by atoms with Gasteiger partial charge in [0.15, 0.2) is 0 Å². The molecule has 0 atom stereocenters. The minimum absolute atomic E-state index is 0.645. The molecule has 0 bridgehead atoms. The lowest BCUT2D eigenvalue weighted by molar-refractivity contribution is 0.342. The van der Waals surface area contributed by atoms with Gasteiger partial charge in [-0.15, -0.1) is 11.3 Å². The molecule has 3 aromatic rings. The van der Waals surface area contributed by atoms with Gasteiger partial charge >= 0.3 is 0 Å². The average molecular weight is 311 g/mol. The van der Waals surface area contributed by atoms with Crippen molar-refractivity contribution in [1.82, 2.24) is 9.97 Å². The summed E-state index contributed by atoms with van der Waals surface area (Å²) in [4.78, 5) is 11.5. The van der Waals surface area contributed by atoms with Gasteiger partial charge in [-0.1, -0.05) is 12.1 Å². The highest BCUT2D eigenvalue weighted by Crippen LogP contribution is 2.40. The Labute approximate surface area is 133 Å². The van der Waals surface area contributed by atoms with Crippen molar-refractivity contribution in [2.45, 2.75) is 26.2 Å². The molecule has 1 aliphatic carbocycles. The van der Waals surface area contributed by atoms with Gasteiger partial charge in [0, 0.05) is 4.88 Å². The van der Waals surface area contributed by atoms with Crippen molar-refractivity contribution in [2.24, 2.45) is 0 Å². The Bertz CT molecular complexity index is 828. The lowest BCUT2D eigenvalue weighted by atomic mass is 10.2. The van der Waals surface area contributed by atoms with Gasteiger partial charge in [0.2, 0.25) is 0 Å².